The quantitative estimate of drug-likeness (QED) is 0.355. The molecule has 3 heterocycles. The maximum atomic E-state index is 13.7. The van der Waals surface area contributed by atoms with Crippen molar-refractivity contribution in [2.75, 3.05) is 13.2 Å². The van der Waals surface area contributed by atoms with Crippen molar-refractivity contribution in [1.82, 2.24) is 9.88 Å². The summed E-state index contributed by atoms with van der Waals surface area (Å²) >= 11 is 0. The van der Waals surface area contributed by atoms with E-state index in [2.05, 4.69) is 4.98 Å². The Hall–Kier alpha value is -4.13. The summed E-state index contributed by atoms with van der Waals surface area (Å²) in [7, 11) is 0. The molecule has 0 fully saturated rings. The Morgan fingerprint density at radius 2 is 1.77 bits per heavy atom. The highest BCUT2D eigenvalue weighted by atomic mass is 16.5. The predicted molar refractivity (Wildman–Crippen MR) is 132 cm³/mol. The van der Waals surface area contributed by atoms with E-state index in [1.54, 1.807) is 41.6 Å². The molecule has 2 aromatic heterocycles. The van der Waals surface area contributed by atoms with Crippen LogP contribution in [0.15, 0.2) is 76.2 Å². The summed E-state index contributed by atoms with van der Waals surface area (Å²) in [5, 5.41) is 0.447. The molecule has 7 heteroatoms. The van der Waals surface area contributed by atoms with Gasteiger partial charge < -0.3 is 18.8 Å². The van der Waals surface area contributed by atoms with E-state index in [1.807, 2.05) is 44.2 Å². The lowest BCUT2D eigenvalue weighted by atomic mass is 9.98. The Morgan fingerprint density at radius 3 is 2.54 bits per heavy atom. The van der Waals surface area contributed by atoms with Crippen molar-refractivity contribution in [3.63, 3.8) is 0 Å². The van der Waals surface area contributed by atoms with Crippen LogP contribution in [-0.2, 0) is 6.54 Å². The van der Waals surface area contributed by atoms with Gasteiger partial charge in [-0.3, -0.25) is 14.6 Å². The normalized spacial score (nSPS) is 14.9. The molecule has 0 saturated carbocycles. The Morgan fingerprint density at radius 1 is 0.971 bits per heavy atom. The van der Waals surface area contributed by atoms with Crippen LogP contribution in [0.1, 0.15) is 53.6 Å². The smallest absolute Gasteiger partial charge is 0.291 e. The Bertz CT molecular complexity index is 1430. The fourth-order valence-corrected chi connectivity index (χ4v) is 4.46. The molecule has 5 rings (SSSR count). The van der Waals surface area contributed by atoms with Crippen LogP contribution in [-0.4, -0.2) is 29.0 Å². The second-order valence-electron chi connectivity index (χ2n) is 8.35. The molecular weight excluding hydrogens is 444 g/mol. The van der Waals surface area contributed by atoms with Crippen molar-refractivity contribution >= 4 is 16.9 Å². The Labute approximate surface area is 202 Å². The van der Waals surface area contributed by atoms with E-state index < -0.39 is 6.04 Å². The Kier molecular flexibility index (Phi) is 6.23. The molecule has 0 N–H and O–H groups in total. The molecule has 0 spiro atoms. The molecule has 0 aliphatic carbocycles. The van der Waals surface area contributed by atoms with Gasteiger partial charge in [0.1, 0.15) is 5.58 Å². The molecule has 2 aromatic carbocycles. The highest BCUT2D eigenvalue weighted by Crippen LogP contribution is 2.41. The maximum absolute atomic E-state index is 13.7. The van der Waals surface area contributed by atoms with Crippen LogP contribution in [0.4, 0.5) is 0 Å². The van der Waals surface area contributed by atoms with E-state index in [9.17, 15) is 9.59 Å². The molecule has 0 saturated heterocycles. The standard InChI is InChI=1S/C28H26N2O5/c1-3-15-34-22-10-9-19(16-23(22)33-4-2)25-24-26(31)20-7-5-6-8-21(20)35-27(24)28(32)30(25)17-18-11-13-29-14-12-18/h5-14,16,25H,3-4,15,17H2,1-2H3. The summed E-state index contributed by atoms with van der Waals surface area (Å²) in [6.07, 6.45) is 4.23. The highest BCUT2D eigenvalue weighted by molar-refractivity contribution is 5.99. The largest absolute Gasteiger partial charge is 0.490 e. The average molecular weight is 471 g/mol. The number of carbonyl (C=O) groups is 1. The molecule has 1 atom stereocenters. The molecule has 4 aromatic rings. The number of amides is 1. The van der Waals surface area contributed by atoms with Crippen LogP contribution >= 0.6 is 0 Å². The van der Waals surface area contributed by atoms with E-state index in [4.69, 9.17) is 13.9 Å². The topological polar surface area (TPSA) is 81.9 Å². The first kappa shape index (κ1) is 22.7. The maximum Gasteiger partial charge on any atom is 0.291 e. The summed E-state index contributed by atoms with van der Waals surface area (Å²) < 4.78 is 17.7. The van der Waals surface area contributed by atoms with Gasteiger partial charge in [-0.2, -0.15) is 0 Å². The second kappa shape index (κ2) is 9.62. The number of pyridine rings is 1. The van der Waals surface area contributed by atoms with Crippen LogP contribution in [0.5, 0.6) is 11.5 Å². The van der Waals surface area contributed by atoms with Gasteiger partial charge in [-0.25, -0.2) is 0 Å². The fourth-order valence-electron chi connectivity index (χ4n) is 4.46. The first-order valence-corrected chi connectivity index (χ1v) is 11.8. The summed E-state index contributed by atoms with van der Waals surface area (Å²) in [6, 6.07) is 15.7. The molecule has 1 aliphatic rings. The third-order valence-electron chi connectivity index (χ3n) is 6.02. The number of rotatable bonds is 8. The van der Waals surface area contributed by atoms with Crippen molar-refractivity contribution < 1.29 is 18.7 Å². The van der Waals surface area contributed by atoms with Crippen molar-refractivity contribution in [3.05, 3.63) is 99.7 Å². The number of carbonyl (C=O) groups excluding carboxylic acids is 1. The number of hydrogen-bond acceptors (Lipinski definition) is 6. The molecule has 0 radical (unpaired) electrons. The van der Waals surface area contributed by atoms with Crippen LogP contribution < -0.4 is 14.9 Å². The van der Waals surface area contributed by atoms with Gasteiger partial charge in [0.05, 0.1) is 30.2 Å². The first-order chi connectivity index (χ1) is 17.1. The summed E-state index contributed by atoms with van der Waals surface area (Å²) in [4.78, 5) is 33.0. The van der Waals surface area contributed by atoms with Gasteiger partial charge >= 0.3 is 0 Å². The predicted octanol–water partition coefficient (Wildman–Crippen LogP) is 5.12. The zero-order valence-corrected chi connectivity index (χ0v) is 19.7. The molecule has 35 heavy (non-hydrogen) atoms. The number of nitrogens with zero attached hydrogens (tertiary/aromatic N) is 2. The molecule has 0 bridgehead atoms. The van der Waals surface area contributed by atoms with Crippen LogP contribution in [0.25, 0.3) is 11.0 Å². The minimum absolute atomic E-state index is 0.0806. The van der Waals surface area contributed by atoms with Crippen LogP contribution in [0, 0.1) is 0 Å². The van der Waals surface area contributed by atoms with Crippen molar-refractivity contribution in [1.29, 1.82) is 0 Å². The SMILES string of the molecule is CCCOc1ccc(C2c3c(oc4ccccc4c3=O)C(=O)N2Cc2ccncc2)cc1OCC. The number of benzene rings is 2. The molecule has 7 nitrogen and oxygen atoms in total. The molecule has 1 unspecified atom stereocenters. The van der Waals surface area contributed by atoms with Gasteiger partial charge in [0, 0.05) is 18.9 Å². The summed E-state index contributed by atoms with van der Waals surface area (Å²) in [5.74, 6) is 0.965. The minimum Gasteiger partial charge on any atom is -0.490 e. The second-order valence-corrected chi connectivity index (χ2v) is 8.35. The van der Waals surface area contributed by atoms with Gasteiger partial charge in [-0.1, -0.05) is 25.1 Å². The molecular formula is C28H26N2O5. The number of para-hydroxylation sites is 1. The zero-order valence-electron chi connectivity index (χ0n) is 19.7. The average Bonchev–Trinajstić information content (AvgIpc) is 3.15. The number of aromatic nitrogens is 1. The lowest BCUT2D eigenvalue weighted by molar-refractivity contribution is 0.0714. The first-order valence-electron chi connectivity index (χ1n) is 11.8. The molecule has 178 valence electrons. The van der Waals surface area contributed by atoms with E-state index in [-0.39, 0.29) is 17.1 Å². The van der Waals surface area contributed by atoms with Crippen molar-refractivity contribution in [2.24, 2.45) is 0 Å². The van der Waals surface area contributed by atoms with Gasteiger partial charge in [-0.05, 0) is 60.9 Å². The number of hydrogen-bond donors (Lipinski definition) is 0. The minimum atomic E-state index is -0.633. The van der Waals surface area contributed by atoms with Gasteiger partial charge in [0.15, 0.2) is 16.9 Å². The summed E-state index contributed by atoms with van der Waals surface area (Å²) in [5.41, 5.74) is 2.18. The number of ether oxygens (including phenoxy) is 2. The lowest BCUT2D eigenvalue weighted by Crippen LogP contribution is -2.29. The van der Waals surface area contributed by atoms with Crippen molar-refractivity contribution in [2.45, 2.75) is 32.9 Å². The molecule has 1 amide bonds. The van der Waals surface area contributed by atoms with E-state index >= 15 is 0 Å². The highest BCUT2D eigenvalue weighted by Gasteiger charge is 2.43. The lowest BCUT2D eigenvalue weighted by Gasteiger charge is -2.26. The zero-order chi connectivity index (χ0) is 24.4. The van der Waals surface area contributed by atoms with E-state index in [1.165, 1.54) is 0 Å². The van der Waals surface area contributed by atoms with Crippen LogP contribution in [0.2, 0.25) is 0 Å². The van der Waals surface area contributed by atoms with Gasteiger partial charge in [0.2, 0.25) is 5.76 Å². The van der Waals surface area contributed by atoms with E-state index in [0.717, 1.165) is 17.5 Å². The third kappa shape index (κ3) is 4.14. The van der Waals surface area contributed by atoms with Crippen molar-refractivity contribution in [3.8, 4) is 11.5 Å². The fraction of sp³-hybridized carbons (Fsp3) is 0.250. The van der Waals surface area contributed by atoms with E-state index in [0.29, 0.717) is 47.8 Å². The summed E-state index contributed by atoms with van der Waals surface area (Å²) in [6.45, 7) is 5.26. The Balaban J connectivity index is 1.68. The number of fused-ring (bicyclic) bond motifs is 2. The van der Waals surface area contributed by atoms with Crippen LogP contribution in [0.3, 0.4) is 0 Å². The monoisotopic (exact) mass is 470 g/mol. The molecule has 1 aliphatic heterocycles. The van der Waals surface area contributed by atoms with Gasteiger partial charge in [0.25, 0.3) is 5.91 Å². The third-order valence-corrected chi connectivity index (χ3v) is 6.02. The van der Waals surface area contributed by atoms with Gasteiger partial charge in [-0.15, -0.1) is 0 Å².